The Morgan fingerprint density at radius 2 is 1.55 bits per heavy atom. The average Bonchev–Trinajstić information content (AvgIpc) is 2.50. The Morgan fingerprint density at radius 1 is 0.850 bits per heavy atom. The predicted molar refractivity (Wildman–Crippen MR) is 82.8 cm³/mol. The van der Waals surface area contributed by atoms with Crippen LogP contribution in [0.25, 0.3) is 10.8 Å². The SMILES string of the molecule is N#Cc1ccc(Nc2ccc(N)cc2)c2ccccc12. The molecule has 0 heterocycles. The third-order valence-electron chi connectivity index (χ3n) is 3.23. The zero-order valence-corrected chi connectivity index (χ0v) is 10.8. The van der Waals surface area contributed by atoms with Gasteiger partial charge in [-0.15, -0.1) is 0 Å². The van der Waals surface area contributed by atoms with Crippen molar-refractivity contribution in [2.75, 3.05) is 11.1 Å². The summed E-state index contributed by atoms with van der Waals surface area (Å²) < 4.78 is 0. The zero-order valence-electron chi connectivity index (χ0n) is 10.8. The van der Waals surface area contributed by atoms with E-state index in [1.54, 1.807) is 0 Å². The van der Waals surface area contributed by atoms with Gasteiger partial charge in [-0.2, -0.15) is 5.26 Å². The van der Waals surface area contributed by atoms with E-state index in [2.05, 4.69) is 11.4 Å². The molecule has 96 valence electrons. The first kappa shape index (κ1) is 12.1. The van der Waals surface area contributed by atoms with Crippen molar-refractivity contribution in [3.8, 4) is 6.07 Å². The normalized spacial score (nSPS) is 10.2. The quantitative estimate of drug-likeness (QED) is 0.683. The van der Waals surface area contributed by atoms with Crippen molar-refractivity contribution in [2.45, 2.75) is 0 Å². The second-order valence-electron chi connectivity index (χ2n) is 4.57. The van der Waals surface area contributed by atoms with E-state index in [4.69, 9.17) is 11.0 Å². The molecular formula is C17H13N3. The lowest BCUT2D eigenvalue weighted by Crippen LogP contribution is -1.93. The van der Waals surface area contributed by atoms with Gasteiger partial charge in [0.05, 0.1) is 11.6 Å². The number of nitrogen functional groups attached to an aromatic ring is 1. The molecule has 20 heavy (non-hydrogen) atoms. The molecule has 3 aromatic carbocycles. The van der Waals surface area contributed by atoms with Gasteiger partial charge in [0.1, 0.15) is 0 Å². The number of fused-ring (bicyclic) bond motifs is 1. The van der Waals surface area contributed by atoms with Crippen molar-refractivity contribution < 1.29 is 0 Å². The van der Waals surface area contributed by atoms with Crippen LogP contribution in [0.5, 0.6) is 0 Å². The summed E-state index contributed by atoms with van der Waals surface area (Å²) in [4.78, 5) is 0. The van der Waals surface area contributed by atoms with Gasteiger partial charge in [0.25, 0.3) is 0 Å². The van der Waals surface area contributed by atoms with Crippen LogP contribution < -0.4 is 11.1 Å². The summed E-state index contributed by atoms with van der Waals surface area (Å²) in [6.45, 7) is 0. The molecule has 0 aliphatic carbocycles. The van der Waals surface area contributed by atoms with E-state index in [0.29, 0.717) is 5.56 Å². The van der Waals surface area contributed by atoms with Crippen LogP contribution in [0.3, 0.4) is 0 Å². The Kier molecular flexibility index (Phi) is 2.98. The summed E-state index contributed by atoms with van der Waals surface area (Å²) in [5.41, 5.74) is 9.05. The molecule has 0 amide bonds. The fourth-order valence-electron chi connectivity index (χ4n) is 2.23. The monoisotopic (exact) mass is 259 g/mol. The molecule has 0 bridgehead atoms. The van der Waals surface area contributed by atoms with E-state index < -0.39 is 0 Å². The van der Waals surface area contributed by atoms with E-state index in [1.807, 2.05) is 60.7 Å². The van der Waals surface area contributed by atoms with Crippen molar-refractivity contribution in [3.05, 3.63) is 66.2 Å². The van der Waals surface area contributed by atoms with E-state index in [0.717, 1.165) is 27.8 Å². The predicted octanol–water partition coefficient (Wildman–Crippen LogP) is 4.04. The van der Waals surface area contributed by atoms with Gasteiger partial charge in [-0.1, -0.05) is 24.3 Å². The Balaban J connectivity index is 2.09. The zero-order chi connectivity index (χ0) is 13.9. The molecule has 0 aliphatic heterocycles. The topological polar surface area (TPSA) is 61.8 Å². The summed E-state index contributed by atoms with van der Waals surface area (Å²) in [5, 5.41) is 14.5. The molecule has 0 saturated heterocycles. The van der Waals surface area contributed by atoms with Crippen molar-refractivity contribution in [1.29, 1.82) is 5.26 Å². The summed E-state index contributed by atoms with van der Waals surface area (Å²) in [7, 11) is 0. The third kappa shape index (κ3) is 2.15. The van der Waals surface area contributed by atoms with Crippen LogP contribution in [-0.4, -0.2) is 0 Å². The third-order valence-corrected chi connectivity index (χ3v) is 3.23. The molecule has 3 aromatic rings. The van der Waals surface area contributed by atoms with Gasteiger partial charge in [-0.05, 0) is 36.4 Å². The first-order valence-electron chi connectivity index (χ1n) is 6.32. The molecule has 0 aromatic heterocycles. The Bertz CT molecular complexity index is 799. The summed E-state index contributed by atoms with van der Waals surface area (Å²) in [6.07, 6.45) is 0. The minimum atomic E-state index is 0.684. The highest BCUT2D eigenvalue weighted by atomic mass is 14.9. The largest absolute Gasteiger partial charge is 0.399 e. The first-order chi connectivity index (χ1) is 9.78. The molecule has 0 aliphatic rings. The summed E-state index contributed by atoms with van der Waals surface area (Å²) in [6, 6.07) is 21.4. The summed E-state index contributed by atoms with van der Waals surface area (Å²) >= 11 is 0. The van der Waals surface area contributed by atoms with Crippen molar-refractivity contribution in [1.82, 2.24) is 0 Å². The van der Waals surface area contributed by atoms with Crippen LogP contribution in [-0.2, 0) is 0 Å². The second kappa shape index (κ2) is 4.94. The van der Waals surface area contributed by atoms with Gasteiger partial charge in [0.15, 0.2) is 0 Å². The van der Waals surface area contributed by atoms with Crippen molar-refractivity contribution >= 4 is 27.8 Å². The Labute approximate surface area is 117 Å². The number of hydrogen-bond acceptors (Lipinski definition) is 3. The molecule has 3 N–H and O–H groups in total. The van der Waals surface area contributed by atoms with Crippen LogP contribution in [0.2, 0.25) is 0 Å². The van der Waals surface area contributed by atoms with E-state index in [9.17, 15) is 0 Å². The molecular weight excluding hydrogens is 246 g/mol. The number of rotatable bonds is 2. The maximum Gasteiger partial charge on any atom is 0.0998 e. The average molecular weight is 259 g/mol. The maximum atomic E-state index is 9.16. The Hall–Kier alpha value is -2.99. The standard InChI is InChI=1S/C17H13N3/c18-11-12-5-10-17(16-4-2-1-3-15(12)16)20-14-8-6-13(19)7-9-14/h1-10,20H,19H2. The van der Waals surface area contributed by atoms with E-state index >= 15 is 0 Å². The van der Waals surface area contributed by atoms with Gasteiger partial charge in [-0.3, -0.25) is 0 Å². The number of benzene rings is 3. The van der Waals surface area contributed by atoms with Gasteiger partial charge in [0, 0.05) is 27.8 Å². The first-order valence-corrected chi connectivity index (χ1v) is 6.32. The van der Waals surface area contributed by atoms with Crippen LogP contribution in [0.1, 0.15) is 5.56 Å². The summed E-state index contributed by atoms with van der Waals surface area (Å²) in [5.74, 6) is 0. The van der Waals surface area contributed by atoms with Crippen LogP contribution in [0, 0.1) is 11.3 Å². The van der Waals surface area contributed by atoms with Gasteiger partial charge in [0.2, 0.25) is 0 Å². The Morgan fingerprint density at radius 3 is 2.25 bits per heavy atom. The van der Waals surface area contributed by atoms with Crippen molar-refractivity contribution in [2.24, 2.45) is 0 Å². The minimum Gasteiger partial charge on any atom is -0.399 e. The molecule has 0 atom stereocenters. The van der Waals surface area contributed by atoms with Crippen molar-refractivity contribution in [3.63, 3.8) is 0 Å². The number of nitrogens with zero attached hydrogens (tertiary/aromatic N) is 1. The number of nitrogens with one attached hydrogen (secondary N) is 1. The van der Waals surface area contributed by atoms with Gasteiger partial charge >= 0.3 is 0 Å². The van der Waals surface area contributed by atoms with Crippen LogP contribution >= 0.6 is 0 Å². The molecule has 0 fully saturated rings. The minimum absolute atomic E-state index is 0.684. The molecule has 0 saturated carbocycles. The molecule has 3 rings (SSSR count). The second-order valence-corrected chi connectivity index (χ2v) is 4.57. The molecule has 3 nitrogen and oxygen atoms in total. The van der Waals surface area contributed by atoms with Gasteiger partial charge < -0.3 is 11.1 Å². The highest BCUT2D eigenvalue weighted by Crippen LogP contribution is 2.29. The fraction of sp³-hybridized carbons (Fsp3) is 0. The smallest absolute Gasteiger partial charge is 0.0998 e. The number of nitrogens with two attached hydrogens (primary N) is 1. The number of nitriles is 1. The number of hydrogen-bond donors (Lipinski definition) is 2. The molecule has 3 heteroatoms. The van der Waals surface area contributed by atoms with Gasteiger partial charge in [-0.25, -0.2) is 0 Å². The molecule has 0 spiro atoms. The lowest BCUT2D eigenvalue weighted by molar-refractivity contribution is 1.50. The highest BCUT2D eigenvalue weighted by molar-refractivity contribution is 5.98. The van der Waals surface area contributed by atoms with Crippen LogP contribution in [0.15, 0.2) is 60.7 Å². The molecule has 0 unspecified atom stereocenters. The fourth-order valence-corrected chi connectivity index (χ4v) is 2.23. The maximum absolute atomic E-state index is 9.16. The van der Waals surface area contributed by atoms with E-state index in [1.165, 1.54) is 0 Å². The lowest BCUT2D eigenvalue weighted by Gasteiger charge is -2.11. The number of anilines is 3. The molecule has 0 radical (unpaired) electrons. The highest BCUT2D eigenvalue weighted by Gasteiger charge is 2.05. The van der Waals surface area contributed by atoms with E-state index in [-0.39, 0.29) is 0 Å². The lowest BCUT2D eigenvalue weighted by atomic mass is 10.0. The van der Waals surface area contributed by atoms with Crippen LogP contribution in [0.4, 0.5) is 17.1 Å².